The third-order valence-corrected chi connectivity index (χ3v) is 8.35. The van der Waals surface area contributed by atoms with Gasteiger partial charge >= 0.3 is 0 Å². The second-order valence-electron chi connectivity index (χ2n) is 11.2. The number of aliphatic hydroxyl groups excluding tert-OH is 1. The van der Waals surface area contributed by atoms with Crippen LogP contribution in [0.15, 0.2) is 0 Å². The number of aliphatic hydroxyl groups is 1. The first kappa shape index (κ1) is 25.9. The fourth-order valence-electron chi connectivity index (χ4n) is 5.42. The van der Waals surface area contributed by atoms with E-state index in [0.29, 0.717) is 6.04 Å². The molecule has 1 saturated heterocycles. The van der Waals surface area contributed by atoms with E-state index in [1.54, 1.807) is 0 Å². The lowest BCUT2D eigenvalue weighted by atomic mass is 9.74. The van der Waals surface area contributed by atoms with E-state index in [-0.39, 0.29) is 28.1 Å². The maximum Gasteiger partial charge on any atom is 0.0672 e. The minimum Gasteiger partial charge on any atom is -0.392 e. The summed E-state index contributed by atoms with van der Waals surface area (Å²) in [6.45, 7) is 24.1. The van der Waals surface area contributed by atoms with Crippen molar-refractivity contribution in [3.63, 3.8) is 0 Å². The molecule has 3 unspecified atom stereocenters. The number of piperidine rings is 1. The predicted octanol–water partition coefficient (Wildman–Crippen LogP) is 6.14. The standard InChI is InChI=1S/C25H52N2O/c1-11-23(8,12-2)18-21(28)19-27(25(10,14-4)15-5)20-16-22(6,7)26-24(9,13-3)17-20/h20-21,26,28H,11-19H2,1-10H3. The van der Waals surface area contributed by atoms with Crippen LogP contribution in [0.3, 0.4) is 0 Å². The minimum absolute atomic E-state index is 0.126. The molecule has 3 nitrogen and oxygen atoms in total. The van der Waals surface area contributed by atoms with E-state index < -0.39 is 0 Å². The van der Waals surface area contributed by atoms with E-state index in [1.165, 1.54) is 0 Å². The van der Waals surface area contributed by atoms with Crippen molar-refractivity contribution < 1.29 is 5.11 Å². The molecule has 1 rings (SSSR count). The lowest BCUT2D eigenvalue weighted by molar-refractivity contribution is -0.0450. The van der Waals surface area contributed by atoms with Crippen LogP contribution in [0.25, 0.3) is 0 Å². The zero-order valence-corrected chi connectivity index (χ0v) is 20.9. The second kappa shape index (κ2) is 9.79. The molecule has 1 aliphatic heterocycles. The SMILES string of the molecule is CCC(C)(CC)CC(O)CN(C1CC(C)(C)NC(C)(CC)C1)C(C)(CC)CC. The summed E-state index contributed by atoms with van der Waals surface area (Å²) in [6.07, 6.45) is 8.61. The average molecular weight is 397 g/mol. The second-order valence-corrected chi connectivity index (χ2v) is 11.2. The summed E-state index contributed by atoms with van der Waals surface area (Å²) in [5.41, 5.74) is 0.674. The van der Waals surface area contributed by atoms with Crippen molar-refractivity contribution in [2.75, 3.05) is 6.54 Å². The Kier molecular flexibility index (Phi) is 9.06. The fourth-order valence-corrected chi connectivity index (χ4v) is 5.42. The smallest absolute Gasteiger partial charge is 0.0672 e. The number of hydrogen-bond donors (Lipinski definition) is 2. The highest BCUT2D eigenvalue weighted by Gasteiger charge is 2.45. The van der Waals surface area contributed by atoms with Crippen LogP contribution in [-0.2, 0) is 0 Å². The molecule has 0 aromatic carbocycles. The molecule has 1 fully saturated rings. The highest BCUT2D eigenvalue weighted by molar-refractivity contribution is 5.04. The Morgan fingerprint density at radius 1 is 0.964 bits per heavy atom. The molecule has 0 spiro atoms. The first-order chi connectivity index (χ1) is 12.8. The summed E-state index contributed by atoms with van der Waals surface area (Å²) in [7, 11) is 0. The molecule has 3 atom stereocenters. The molecule has 168 valence electrons. The highest BCUT2D eigenvalue weighted by atomic mass is 16.3. The largest absolute Gasteiger partial charge is 0.392 e. The lowest BCUT2D eigenvalue weighted by Gasteiger charge is -2.55. The third kappa shape index (κ3) is 6.44. The Labute approximate surface area is 177 Å². The van der Waals surface area contributed by atoms with E-state index in [1.807, 2.05) is 0 Å². The number of rotatable bonds is 11. The lowest BCUT2D eigenvalue weighted by Crippen LogP contribution is -2.66. The van der Waals surface area contributed by atoms with Gasteiger partial charge in [0.15, 0.2) is 0 Å². The van der Waals surface area contributed by atoms with Crippen LogP contribution in [0.2, 0.25) is 0 Å². The zero-order chi connectivity index (χ0) is 21.8. The monoisotopic (exact) mass is 396 g/mol. The van der Waals surface area contributed by atoms with Gasteiger partial charge in [-0.3, -0.25) is 4.90 Å². The highest BCUT2D eigenvalue weighted by Crippen LogP contribution is 2.39. The van der Waals surface area contributed by atoms with Gasteiger partial charge in [-0.1, -0.05) is 54.4 Å². The molecular weight excluding hydrogens is 344 g/mol. The van der Waals surface area contributed by atoms with Crippen LogP contribution in [-0.4, -0.2) is 45.3 Å². The van der Waals surface area contributed by atoms with Crippen molar-refractivity contribution in [3.8, 4) is 0 Å². The summed E-state index contributed by atoms with van der Waals surface area (Å²) in [4.78, 5) is 2.71. The van der Waals surface area contributed by atoms with E-state index in [4.69, 9.17) is 0 Å². The van der Waals surface area contributed by atoms with Gasteiger partial charge in [0.05, 0.1) is 6.10 Å². The van der Waals surface area contributed by atoms with Crippen LogP contribution in [0.5, 0.6) is 0 Å². The summed E-state index contributed by atoms with van der Waals surface area (Å²) >= 11 is 0. The van der Waals surface area contributed by atoms with E-state index in [0.717, 1.165) is 57.9 Å². The molecule has 0 aliphatic carbocycles. The summed E-state index contributed by atoms with van der Waals surface area (Å²) in [5, 5.41) is 15.1. The van der Waals surface area contributed by atoms with Gasteiger partial charge in [-0.25, -0.2) is 0 Å². The molecule has 0 radical (unpaired) electrons. The van der Waals surface area contributed by atoms with Crippen LogP contribution in [0.1, 0.15) is 121 Å². The van der Waals surface area contributed by atoms with Crippen molar-refractivity contribution in [3.05, 3.63) is 0 Å². The summed E-state index contributed by atoms with van der Waals surface area (Å²) < 4.78 is 0. The Balaban J connectivity index is 3.16. The van der Waals surface area contributed by atoms with Crippen LogP contribution < -0.4 is 5.32 Å². The van der Waals surface area contributed by atoms with Crippen LogP contribution in [0.4, 0.5) is 0 Å². The first-order valence-electron chi connectivity index (χ1n) is 12.1. The maximum atomic E-state index is 11.2. The van der Waals surface area contributed by atoms with Crippen molar-refractivity contribution >= 4 is 0 Å². The molecule has 0 bridgehead atoms. The normalized spacial score (nSPS) is 27.2. The third-order valence-electron chi connectivity index (χ3n) is 8.35. The van der Waals surface area contributed by atoms with Crippen molar-refractivity contribution in [1.82, 2.24) is 10.2 Å². The molecule has 28 heavy (non-hydrogen) atoms. The molecular formula is C25H52N2O. The Morgan fingerprint density at radius 2 is 1.50 bits per heavy atom. The zero-order valence-electron chi connectivity index (χ0n) is 20.9. The molecule has 0 aromatic heterocycles. The molecule has 2 N–H and O–H groups in total. The average Bonchev–Trinajstić information content (AvgIpc) is 2.63. The molecule has 0 amide bonds. The van der Waals surface area contributed by atoms with E-state index >= 15 is 0 Å². The first-order valence-corrected chi connectivity index (χ1v) is 12.1. The van der Waals surface area contributed by atoms with Gasteiger partial charge in [0.2, 0.25) is 0 Å². The minimum atomic E-state index is -0.256. The summed E-state index contributed by atoms with van der Waals surface area (Å²) in [5.74, 6) is 0. The van der Waals surface area contributed by atoms with Gasteiger partial charge in [0.25, 0.3) is 0 Å². The van der Waals surface area contributed by atoms with Crippen molar-refractivity contribution in [2.45, 2.75) is 149 Å². The van der Waals surface area contributed by atoms with E-state index in [9.17, 15) is 5.11 Å². The van der Waals surface area contributed by atoms with Crippen LogP contribution in [0, 0.1) is 5.41 Å². The molecule has 1 aliphatic rings. The quantitative estimate of drug-likeness (QED) is 0.440. The number of nitrogens with one attached hydrogen (secondary N) is 1. The molecule has 0 aromatic rings. The summed E-state index contributed by atoms with van der Waals surface area (Å²) in [6, 6.07) is 0.509. The van der Waals surface area contributed by atoms with Gasteiger partial charge in [0.1, 0.15) is 0 Å². The Hall–Kier alpha value is -0.120. The van der Waals surface area contributed by atoms with E-state index in [2.05, 4.69) is 79.5 Å². The van der Waals surface area contributed by atoms with Gasteiger partial charge in [0, 0.05) is 29.2 Å². The van der Waals surface area contributed by atoms with Gasteiger partial charge < -0.3 is 10.4 Å². The van der Waals surface area contributed by atoms with Crippen molar-refractivity contribution in [2.24, 2.45) is 5.41 Å². The molecule has 1 heterocycles. The number of β-amino-alcohol motifs (C(OH)–C–C–N with tert-alkyl or cyclic N) is 1. The van der Waals surface area contributed by atoms with Crippen LogP contribution >= 0.6 is 0 Å². The Morgan fingerprint density at radius 3 is 1.93 bits per heavy atom. The predicted molar refractivity (Wildman–Crippen MR) is 124 cm³/mol. The Bertz CT molecular complexity index is 467. The molecule has 0 saturated carbocycles. The number of hydrogen-bond acceptors (Lipinski definition) is 3. The number of nitrogens with zero attached hydrogens (tertiary/aromatic N) is 1. The molecule has 3 heteroatoms. The van der Waals surface area contributed by atoms with Gasteiger partial charge in [-0.2, -0.15) is 0 Å². The maximum absolute atomic E-state index is 11.2. The van der Waals surface area contributed by atoms with Crippen molar-refractivity contribution in [1.29, 1.82) is 0 Å². The van der Waals surface area contributed by atoms with Gasteiger partial charge in [-0.05, 0) is 71.6 Å². The fraction of sp³-hybridized carbons (Fsp3) is 1.00. The topological polar surface area (TPSA) is 35.5 Å². The van der Waals surface area contributed by atoms with Gasteiger partial charge in [-0.15, -0.1) is 0 Å².